The van der Waals surface area contributed by atoms with Crippen LogP contribution in [0.1, 0.15) is 38.2 Å². The Kier molecular flexibility index (Phi) is 7.07. The number of aryl methyl sites for hydroxylation is 1. The molecule has 1 aromatic heterocycles. The molecule has 0 saturated heterocycles. The van der Waals surface area contributed by atoms with Crippen LogP contribution in [-0.4, -0.2) is 5.78 Å². The van der Waals surface area contributed by atoms with Crippen molar-refractivity contribution in [3.05, 3.63) is 179 Å². The number of hydrogen-bond donors (Lipinski definition) is 0. The molecule has 0 spiro atoms. The maximum atomic E-state index is 14.3. The van der Waals surface area contributed by atoms with E-state index in [9.17, 15) is 4.79 Å². The van der Waals surface area contributed by atoms with Crippen LogP contribution >= 0.6 is 0 Å². The molecule has 6 rings (SSSR count). The molecule has 40 heavy (non-hydrogen) atoms. The van der Waals surface area contributed by atoms with Crippen LogP contribution in [0.2, 0.25) is 0 Å². The van der Waals surface area contributed by atoms with Gasteiger partial charge < -0.3 is 4.42 Å². The van der Waals surface area contributed by atoms with Crippen molar-refractivity contribution < 1.29 is 9.21 Å². The molecule has 5 aromatic carbocycles. The summed E-state index contributed by atoms with van der Waals surface area (Å²) in [6, 6.07) is 48.1. The van der Waals surface area contributed by atoms with E-state index in [1.807, 2.05) is 109 Å². The second-order valence-electron chi connectivity index (χ2n) is 9.77. The van der Waals surface area contributed by atoms with Crippen LogP contribution in [0.5, 0.6) is 0 Å². The van der Waals surface area contributed by atoms with Crippen LogP contribution in [0.3, 0.4) is 0 Å². The van der Waals surface area contributed by atoms with E-state index in [-0.39, 0.29) is 5.78 Å². The molecule has 0 unspecified atom stereocenters. The summed E-state index contributed by atoms with van der Waals surface area (Å²) >= 11 is 0. The van der Waals surface area contributed by atoms with E-state index in [0.29, 0.717) is 22.6 Å². The maximum Gasteiger partial charge on any atom is 0.197 e. The van der Waals surface area contributed by atoms with Gasteiger partial charge in [0, 0.05) is 22.3 Å². The molecule has 0 amide bonds. The van der Waals surface area contributed by atoms with E-state index in [4.69, 9.17) is 4.42 Å². The molecular formula is C38H28O2. The molecule has 0 N–H and O–H groups in total. The minimum Gasteiger partial charge on any atom is -0.455 e. The van der Waals surface area contributed by atoms with Gasteiger partial charge in [0.2, 0.25) is 0 Å². The van der Waals surface area contributed by atoms with Gasteiger partial charge >= 0.3 is 0 Å². The third-order valence-electron chi connectivity index (χ3n) is 7.02. The average molecular weight is 517 g/mol. The third-order valence-corrected chi connectivity index (χ3v) is 7.02. The Bertz CT molecular complexity index is 1760. The molecule has 0 aliphatic carbocycles. The maximum absolute atomic E-state index is 14.3. The van der Waals surface area contributed by atoms with Crippen LogP contribution in [0, 0.1) is 6.92 Å². The lowest BCUT2D eigenvalue weighted by molar-refractivity contribution is 0.103. The van der Waals surface area contributed by atoms with Gasteiger partial charge in [0.25, 0.3) is 0 Å². The zero-order valence-electron chi connectivity index (χ0n) is 22.3. The fraction of sp³-hybridized carbons (Fsp3) is 0.0263. The smallest absolute Gasteiger partial charge is 0.197 e. The van der Waals surface area contributed by atoms with Gasteiger partial charge in [-0.2, -0.15) is 0 Å². The van der Waals surface area contributed by atoms with Crippen LogP contribution in [-0.2, 0) is 0 Å². The number of carbonyl (C=O) groups is 1. The lowest BCUT2D eigenvalue weighted by Crippen LogP contribution is -2.04. The van der Waals surface area contributed by atoms with Crippen LogP contribution in [0.25, 0.3) is 34.3 Å². The lowest BCUT2D eigenvalue weighted by atomic mass is 9.90. The predicted octanol–water partition coefficient (Wildman–Crippen LogP) is 9.74. The van der Waals surface area contributed by atoms with Crippen molar-refractivity contribution in [1.82, 2.24) is 0 Å². The van der Waals surface area contributed by atoms with Crippen molar-refractivity contribution in [2.75, 3.05) is 0 Å². The summed E-state index contributed by atoms with van der Waals surface area (Å²) in [4.78, 5) is 14.3. The highest BCUT2D eigenvalue weighted by Gasteiger charge is 2.27. The average Bonchev–Trinajstić information content (AvgIpc) is 3.41. The van der Waals surface area contributed by atoms with Crippen molar-refractivity contribution in [3.63, 3.8) is 0 Å². The summed E-state index contributed by atoms with van der Waals surface area (Å²) in [6.45, 7) is 2.09. The monoisotopic (exact) mass is 516 g/mol. The molecule has 0 saturated carbocycles. The van der Waals surface area contributed by atoms with E-state index >= 15 is 0 Å². The van der Waals surface area contributed by atoms with E-state index in [1.54, 1.807) is 0 Å². The topological polar surface area (TPSA) is 30.2 Å². The lowest BCUT2D eigenvalue weighted by Gasteiger charge is -2.11. The third kappa shape index (κ3) is 5.08. The Morgan fingerprint density at radius 3 is 1.52 bits per heavy atom. The number of hydrogen-bond acceptors (Lipinski definition) is 2. The number of rotatable bonds is 7. The molecule has 0 aliphatic heterocycles. The molecule has 2 heteroatoms. The minimum atomic E-state index is -0.0760. The first-order valence-electron chi connectivity index (χ1n) is 13.4. The summed E-state index contributed by atoms with van der Waals surface area (Å²) in [6.07, 6.45) is 2.12. The van der Waals surface area contributed by atoms with Crippen molar-refractivity contribution in [2.45, 2.75) is 6.92 Å². The Morgan fingerprint density at radius 2 is 0.975 bits per heavy atom. The second-order valence-corrected chi connectivity index (χ2v) is 9.77. The van der Waals surface area contributed by atoms with Gasteiger partial charge in [-0.15, -0.1) is 0 Å². The van der Waals surface area contributed by atoms with Gasteiger partial charge in [0.1, 0.15) is 11.5 Å². The van der Waals surface area contributed by atoms with E-state index in [1.165, 1.54) is 5.56 Å². The Morgan fingerprint density at radius 1 is 0.525 bits per heavy atom. The van der Waals surface area contributed by atoms with Crippen LogP contribution in [0.4, 0.5) is 0 Å². The van der Waals surface area contributed by atoms with E-state index in [2.05, 4.69) is 49.4 Å². The Labute approximate surface area is 234 Å². The predicted molar refractivity (Wildman–Crippen MR) is 164 cm³/mol. The summed E-state index contributed by atoms with van der Waals surface area (Å²) in [5.74, 6) is 1.16. The van der Waals surface area contributed by atoms with Crippen LogP contribution < -0.4 is 0 Å². The fourth-order valence-electron chi connectivity index (χ4n) is 4.97. The SMILES string of the molecule is Cc1ccc(/C(=C\c2c(-c3ccccc3)oc(-c3ccccc3)c2C(=O)c2ccccc2)c2ccccc2)cc1. The molecule has 6 aromatic rings. The Hall–Kier alpha value is -5.21. The first-order valence-corrected chi connectivity index (χ1v) is 13.4. The minimum absolute atomic E-state index is 0.0760. The summed E-state index contributed by atoms with van der Waals surface area (Å²) in [5, 5.41) is 0. The highest BCUT2D eigenvalue weighted by Crippen LogP contribution is 2.41. The van der Waals surface area contributed by atoms with Crippen molar-refractivity contribution in [2.24, 2.45) is 0 Å². The van der Waals surface area contributed by atoms with Gasteiger partial charge in [-0.1, -0.05) is 151 Å². The van der Waals surface area contributed by atoms with Gasteiger partial charge in [0.05, 0.1) is 5.56 Å². The highest BCUT2D eigenvalue weighted by molar-refractivity contribution is 6.16. The largest absolute Gasteiger partial charge is 0.455 e. The first-order chi connectivity index (χ1) is 19.7. The quantitative estimate of drug-likeness (QED) is 0.198. The first kappa shape index (κ1) is 25.1. The van der Waals surface area contributed by atoms with Crippen molar-refractivity contribution >= 4 is 17.4 Å². The molecule has 1 heterocycles. The highest BCUT2D eigenvalue weighted by atomic mass is 16.3. The van der Waals surface area contributed by atoms with Crippen LogP contribution in [0.15, 0.2) is 150 Å². The van der Waals surface area contributed by atoms with E-state index in [0.717, 1.165) is 33.4 Å². The fourth-order valence-corrected chi connectivity index (χ4v) is 4.97. The van der Waals surface area contributed by atoms with Gasteiger partial charge in [0.15, 0.2) is 5.78 Å². The molecule has 0 radical (unpaired) electrons. The van der Waals surface area contributed by atoms with E-state index < -0.39 is 0 Å². The van der Waals surface area contributed by atoms with Gasteiger partial charge in [-0.25, -0.2) is 0 Å². The normalized spacial score (nSPS) is 11.4. The summed E-state index contributed by atoms with van der Waals surface area (Å²) in [5.41, 5.74) is 8.03. The Balaban J connectivity index is 1.70. The van der Waals surface area contributed by atoms with Gasteiger partial charge in [-0.3, -0.25) is 4.79 Å². The standard InChI is InChI=1S/C38H28O2/c1-27-22-24-29(25-23-27)33(28-14-6-2-7-15-28)26-34-35(36(39)30-16-8-3-9-17-30)38(32-20-12-5-13-21-32)40-37(34)31-18-10-4-11-19-31/h2-26H,1H3/b33-26-. The molecular weight excluding hydrogens is 488 g/mol. The molecule has 0 bridgehead atoms. The number of carbonyl (C=O) groups excluding carboxylic acids is 1. The summed E-state index contributed by atoms with van der Waals surface area (Å²) in [7, 11) is 0. The number of ketones is 1. The van der Waals surface area contributed by atoms with Crippen molar-refractivity contribution in [3.8, 4) is 22.6 Å². The molecule has 0 atom stereocenters. The van der Waals surface area contributed by atoms with Gasteiger partial charge in [-0.05, 0) is 29.7 Å². The molecule has 0 fully saturated rings. The number of furan rings is 1. The molecule has 0 aliphatic rings. The number of benzene rings is 5. The molecule has 2 nitrogen and oxygen atoms in total. The summed E-state index contributed by atoms with van der Waals surface area (Å²) < 4.78 is 6.69. The molecule has 192 valence electrons. The zero-order valence-corrected chi connectivity index (χ0v) is 22.3. The zero-order chi connectivity index (χ0) is 27.3. The van der Waals surface area contributed by atoms with Crippen molar-refractivity contribution in [1.29, 1.82) is 0 Å². The second kappa shape index (κ2) is 11.3.